The summed E-state index contributed by atoms with van der Waals surface area (Å²) in [6.45, 7) is 7.26. The number of hydrogen-bond acceptors (Lipinski definition) is 2. The van der Waals surface area contributed by atoms with Crippen LogP contribution in [0, 0.1) is 5.41 Å². The van der Waals surface area contributed by atoms with Gasteiger partial charge in [0.1, 0.15) is 0 Å². The van der Waals surface area contributed by atoms with E-state index in [0.717, 1.165) is 6.42 Å². The van der Waals surface area contributed by atoms with E-state index in [1.807, 2.05) is 18.2 Å². The van der Waals surface area contributed by atoms with E-state index < -0.39 is 0 Å². The van der Waals surface area contributed by atoms with E-state index in [1.165, 1.54) is 32.1 Å². The van der Waals surface area contributed by atoms with Gasteiger partial charge in [-0.25, -0.2) is 4.79 Å². The number of rotatable bonds is 9. The van der Waals surface area contributed by atoms with Crippen molar-refractivity contribution in [1.82, 2.24) is 0 Å². The Hall–Kier alpha value is -1.31. The van der Waals surface area contributed by atoms with Crippen molar-refractivity contribution in [2.24, 2.45) is 5.41 Å². The second-order valence-corrected chi connectivity index (χ2v) is 6.23. The Morgan fingerprint density at radius 1 is 1.05 bits per heavy atom. The monoisotopic (exact) mass is 276 g/mol. The third-order valence-electron chi connectivity index (χ3n) is 3.73. The molecule has 2 nitrogen and oxygen atoms in total. The van der Waals surface area contributed by atoms with E-state index in [2.05, 4.69) is 20.8 Å². The molecule has 1 aromatic carbocycles. The van der Waals surface area contributed by atoms with Gasteiger partial charge in [-0.3, -0.25) is 0 Å². The topological polar surface area (TPSA) is 26.3 Å². The van der Waals surface area contributed by atoms with Crippen LogP contribution < -0.4 is 0 Å². The average molecular weight is 276 g/mol. The molecule has 0 spiro atoms. The zero-order valence-corrected chi connectivity index (χ0v) is 13.2. The quantitative estimate of drug-likeness (QED) is 0.456. The van der Waals surface area contributed by atoms with E-state index in [1.54, 1.807) is 12.1 Å². The summed E-state index contributed by atoms with van der Waals surface area (Å²) in [6, 6.07) is 9.19. The molecule has 1 rings (SSSR count). The number of benzene rings is 1. The minimum Gasteiger partial charge on any atom is -0.462 e. The molecule has 1 aromatic rings. The Balaban J connectivity index is 2.23. The number of esters is 1. The Labute approximate surface area is 123 Å². The molecule has 0 heterocycles. The molecule has 0 aromatic heterocycles. The van der Waals surface area contributed by atoms with Crippen LogP contribution in [-0.4, -0.2) is 12.6 Å². The standard InChI is InChI=1S/C18H28O2/c1-4-5-6-10-13-18(2,3)14-15-20-17(19)16-11-8-7-9-12-16/h7-9,11-12H,4-6,10,13-15H2,1-3H3. The summed E-state index contributed by atoms with van der Waals surface area (Å²) < 4.78 is 5.35. The molecule has 0 unspecified atom stereocenters. The lowest BCUT2D eigenvalue weighted by Gasteiger charge is -2.24. The van der Waals surface area contributed by atoms with Crippen LogP contribution in [0.25, 0.3) is 0 Å². The molecule has 0 saturated carbocycles. The highest BCUT2D eigenvalue weighted by atomic mass is 16.5. The zero-order valence-electron chi connectivity index (χ0n) is 13.2. The number of unbranched alkanes of at least 4 members (excludes halogenated alkanes) is 3. The molecule has 2 heteroatoms. The first-order chi connectivity index (χ1) is 9.55. The molecule has 0 bridgehead atoms. The van der Waals surface area contributed by atoms with Crippen molar-refractivity contribution in [3.05, 3.63) is 35.9 Å². The number of ether oxygens (including phenoxy) is 1. The van der Waals surface area contributed by atoms with Crippen molar-refractivity contribution in [2.45, 2.75) is 59.3 Å². The SMILES string of the molecule is CCCCCCC(C)(C)CCOC(=O)c1ccccc1. The highest BCUT2D eigenvalue weighted by Crippen LogP contribution is 2.28. The lowest BCUT2D eigenvalue weighted by Crippen LogP contribution is -2.16. The number of carbonyl (C=O) groups is 1. The van der Waals surface area contributed by atoms with Gasteiger partial charge in [0.25, 0.3) is 0 Å². The van der Waals surface area contributed by atoms with Crippen LogP contribution in [0.2, 0.25) is 0 Å². The smallest absolute Gasteiger partial charge is 0.338 e. The molecule has 0 aliphatic heterocycles. The van der Waals surface area contributed by atoms with Crippen LogP contribution in [0.5, 0.6) is 0 Å². The summed E-state index contributed by atoms with van der Waals surface area (Å²) in [6.07, 6.45) is 7.30. The Kier molecular flexibility index (Phi) is 7.35. The molecule has 0 radical (unpaired) electrons. The fraction of sp³-hybridized carbons (Fsp3) is 0.611. The van der Waals surface area contributed by atoms with Gasteiger partial charge in [-0.2, -0.15) is 0 Å². The maximum absolute atomic E-state index is 11.8. The highest BCUT2D eigenvalue weighted by molar-refractivity contribution is 5.89. The van der Waals surface area contributed by atoms with Gasteiger partial charge in [-0.15, -0.1) is 0 Å². The third kappa shape index (κ3) is 6.74. The van der Waals surface area contributed by atoms with Crippen LogP contribution in [0.3, 0.4) is 0 Å². The van der Waals surface area contributed by atoms with Crippen molar-refractivity contribution in [3.63, 3.8) is 0 Å². The van der Waals surface area contributed by atoms with Crippen molar-refractivity contribution in [2.75, 3.05) is 6.61 Å². The molecule has 0 N–H and O–H groups in total. The summed E-state index contributed by atoms with van der Waals surface area (Å²) in [7, 11) is 0. The van der Waals surface area contributed by atoms with Gasteiger partial charge in [-0.1, -0.05) is 64.7 Å². The van der Waals surface area contributed by atoms with Gasteiger partial charge in [0, 0.05) is 0 Å². The zero-order chi connectivity index (χ0) is 14.8. The third-order valence-corrected chi connectivity index (χ3v) is 3.73. The van der Waals surface area contributed by atoms with Crippen molar-refractivity contribution in [3.8, 4) is 0 Å². The predicted molar refractivity (Wildman–Crippen MR) is 83.9 cm³/mol. The maximum Gasteiger partial charge on any atom is 0.338 e. The second-order valence-electron chi connectivity index (χ2n) is 6.23. The minimum atomic E-state index is -0.215. The Bertz CT molecular complexity index is 382. The molecular weight excluding hydrogens is 248 g/mol. The normalized spacial score (nSPS) is 11.3. The number of hydrogen-bond donors (Lipinski definition) is 0. The first-order valence-electron chi connectivity index (χ1n) is 7.77. The summed E-state index contributed by atoms with van der Waals surface area (Å²) in [5.41, 5.74) is 0.887. The van der Waals surface area contributed by atoms with Crippen molar-refractivity contribution < 1.29 is 9.53 Å². The second kappa shape index (κ2) is 8.78. The molecule has 112 valence electrons. The van der Waals surface area contributed by atoms with E-state index in [4.69, 9.17) is 4.74 Å². The lowest BCUT2D eigenvalue weighted by atomic mass is 9.84. The van der Waals surface area contributed by atoms with E-state index in [9.17, 15) is 4.79 Å². The summed E-state index contributed by atoms with van der Waals surface area (Å²) in [4.78, 5) is 11.8. The molecular formula is C18H28O2. The maximum atomic E-state index is 11.8. The van der Waals surface area contributed by atoms with Crippen LogP contribution in [0.15, 0.2) is 30.3 Å². The van der Waals surface area contributed by atoms with Crippen molar-refractivity contribution >= 4 is 5.97 Å². The van der Waals surface area contributed by atoms with E-state index in [-0.39, 0.29) is 11.4 Å². The van der Waals surface area contributed by atoms with Crippen molar-refractivity contribution in [1.29, 1.82) is 0 Å². The van der Waals surface area contributed by atoms with Crippen LogP contribution in [0.1, 0.15) is 69.7 Å². The predicted octanol–water partition coefficient (Wildman–Crippen LogP) is 5.23. The van der Waals surface area contributed by atoms with E-state index >= 15 is 0 Å². The molecule has 0 aliphatic carbocycles. The summed E-state index contributed by atoms with van der Waals surface area (Å²) >= 11 is 0. The fourth-order valence-electron chi connectivity index (χ4n) is 2.23. The first-order valence-corrected chi connectivity index (χ1v) is 7.77. The van der Waals surface area contributed by atoms with Gasteiger partial charge in [0.05, 0.1) is 12.2 Å². The summed E-state index contributed by atoms with van der Waals surface area (Å²) in [5, 5.41) is 0. The van der Waals surface area contributed by atoms with Crippen LogP contribution >= 0.6 is 0 Å². The van der Waals surface area contributed by atoms with Crippen LogP contribution in [-0.2, 0) is 4.74 Å². The van der Waals surface area contributed by atoms with E-state index in [0.29, 0.717) is 12.2 Å². The summed E-state index contributed by atoms with van der Waals surface area (Å²) in [5.74, 6) is -0.215. The highest BCUT2D eigenvalue weighted by Gasteiger charge is 2.18. The largest absolute Gasteiger partial charge is 0.462 e. The molecule has 0 saturated heterocycles. The van der Waals surface area contributed by atoms with Gasteiger partial charge in [-0.05, 0) is 30.4 Å². The molecule has 0 fully saturated rings. The Morgan fingerprint density at radius 3 is 2.40 bits per heavy atom. The molecule has 0 atom stereocenters. The molecule has 0 aliphatic rings. The van der Waals surface area contributed by atoms with Gasteiger partial charge < -0.3 is 4.74 Å². The fourth-order valence-corrected chi connectivity index (χ4v) is 2.23. The van der Waals surface area contributed by atoms with Crippen LogP contribution in [0.4, 0.5) is 0 Å². The minimum absolute atomic E-state index is 0.215. The van der Waals surface area contributed by atoms with Gasteiger partial charge in [0.15, 0.2) is 0 Å². The lowest BCUT2D eigenvalue weighted by molar-refractivity contribution is 0.0452. The number of carbonyl (C=O) groups excluding carboxylic acids is 1. The Morgan fingerprint density at radius 2 is 1.75 bits per heavy atom. The molecule has 0 amide bonds. The van der Waals surface area contributed by atoms with Gasteiger partial charge >= 0.3 is 5.97 Å². The average Bonchev–Trinajstić information content (AvgIpc) is 2.44. The van der Waals surface area contributed by atoms with Gasteiger partial charge in [0.2, 0.25) is 0 Å². The molecule has 20 heavy (non-hydrogen) atoms. The first kappa shape index (κ1) is 16.7.